The maximum Gasteiger partial charge on any atom is 0.182 e. The molecule has 0 aliphatic carbocycles. The number of benzene rings is 2. The minimum Gasteiger partial charge on any atom is -0.497 e. The average molecular weight is 283 g/mol. The van der Waals surface area contributed by atoms with Crippen molar-refractivity contribution in [2.45, 2.75) is 25.9 Å². The van der Waals surface area contributed by atoms with Gasteiger partial charge in [-0.15, -0.1) is 0 Å². The van der Waals surface area contributed by atoms with Crippen molar-refractivity contribution in [2.75, 3.05) is 7.11 Å². The van der Waals surface area contributed by atoms with Gasteiger partial charge in [0.05, 0.1) is 12.6 Å². The highest BCUT2D eigenvalue weighted by atomic mass is 16.5. The van der Waals surface area contributed by atoms with E-state index < -0.39 is 5.54 Å². The maximum atomic E-state index is 12.6. The predicted molar refractivity (Wildman–Crippen MR) is 84.7 cm³/mol. The van der Waals surface area contributed by atoms with Gasteiger partial charge in [0.25, 0.3) is 0 Å². The van der Waals surface area contributed by atoms with Crippen molar-refractivity contribution in [1.29, 1.82) is 0 Å². The van der Waals surface area contributed by atoms with E-state index >= 15 is 0 Å². The van der Waals surface area contributed by atoms with Gasteiger partial charge in [0.2, 0.25) is 0 Å². The number of carbonyl (C=O) groups is 1. The van der Waals surface area contributed by atoms with Crippen LogP contribution >= 0.6 is 0 Å². The van der Waals surface area contributed by atoms with Gasteiger partial charge in [-0.1, -0.05) is 30.3 Å². The summed E-state index contributed by atoms with van der Waals surface area (Å²) in [6.07, 6.45) is 0. The zero-order valence-corrected chi connectivity index (χ0v) is 12.7. The van der Waals surface area contributed by atoms with Crippen LogP contribution in [0.1, 0.15) is 29.8 Å². The fourth-order valence-electron chi connectivity index (χ4n) is 2.10. The lowest BCUT2D eigenvalue weighted by atomic mass is 9.93. The Hall–Kier alpha value is -2.13. The molecule has 0 radical (unpaired) electrons. The van der Waals surface area contributed by atoms with Crippen LogP contribution < -0.4 is 10.1 Å². The number of rotatable bonds is 6. The molecule has 2 aromatic rings. The quantitative estimate of drug-likeness (QED) is 0.825. The number of Topliss-reactive ketones (excluding diaryl/α,β-unsaturated/α-hetero) is 1. The molecule has 0 unspecified atom stereocenters. The van der Waals surface area contributed by atoms with Crippen molar-refractivity contribution in [2.24, 2.45) is 0 Å². The smallest absolute Gasteiger partial charge is 0.182 e. The fraction of sp³-hybridized carbons (Fsp3) is 0.278. The molecule has 3 heteroatoms. The molecule has 0 aromatic heterocycles. The van der Waals surface area contributed by atoms with Crippen molar-refractivity contribution in [3.63, 3.8) is 0 Å². The molecule has 0 aliphatic rings. The zero-order valence-electron chi connectivity index (χ0n) is 12.7. The highest BCUT2D eigenvalue weighted by Gasteiger charge is 2.27. The predicted octanol–water partition coefficient (Wildman–Crippen LogP) is 3.45. The lowest BCUT2D eigenvalue weighted by Crippen LogP contribution is -2.46. The summed E-state index contributed by atoms with van der Waals surface area (Å²) in [5, 5.41) is 3.32. The molecule has 0 amide bonds. The van der Waals surface area contributed by atoms with Crippen molar-refractivity contribution in [3.8, 4) is 5.75 Å². The lowest BCUT2D eigenvalue weighted by Gasteiger charge is -2.25. The van der Waals surface area contributed by atoms with Crippen LogP contribution in [0.3, 0.4) is 0 Å². The van der Waals surface area contributed by atoms with Gasteiger partial charge >= 0.3 is 0 Å². The van der Waals surface area contributed by atoms with E-state index in [2.05, 4.69) is 5.32 Å². The van der Waals surface area contributed by atoms with Gasteiger partial charge in [-0.05, 0) is 43.7 Å². The van der Waals surface area contributed by atoms with E-state index in [0.717, 1.165) is 11.3 Å². The Kier molecular flexibility index (Phi) is 4.76. The third kappa shape index (κ3) is 3.92. The molecule has 0 bridgehead atoms. The molecule has 110 valence electrons. The first-order valence-electron chi connectivity index (χ1n) is 7.01. The Labute approximate surface area is 126 Å². The Morgan fingerprint density at radius 2 is 1.67 bits per heavy atom. The monoisotopic (exact) mass is 283 g/mol. The number of hydrogen-bond acceptors (Lipinski definition) is 3. The van der Waals surface area contributed by atoms with Crippen molar-refractivity contribution < 1.29 is 9.53 Å². The number of ether oxygens (including phenoxy) is 1. The summed E-state index contributed by atoms with van der Waals surface area (Å²) in [4.78, 5) is 12.6. The second-order valence-corrected chi connectivity index (χ2v) is 5.52. The van der Waals surface area contributed by atoms with E-state index in [1.807, 2.05) is 44.2 Å². The number of hydrogen-bond donors (Lipinski definition) is 1. The minimum atomic E-state index is -0.621. The van der Waals surface area contributed by atoms with Gasteiger partial charge in [-0.25, -0.2) is 0 Å². The third-order valence-corrected chi connectivity index (χ3v) is 3.50. The summed E-state index contributed by atoms with van der Waals surface area (Å²) in [5.74, 6) is 0.822. The lowest BCUT2D eigenvalue weighted by molar-refractivity contribution is 0.0880. The zero-order chi connectivity index (χ0) is 15.3. The van der Waals surface area contributed by atoms with Crippen LogP contribution in [-0.4, -0.2) is 18.4 Å². The summed E-state index contributed by atoms with van der Waals surface area (Å²) < 4.78 is 5.11. The van der Waals surface area contributed by atoms with E-state index in [4.69, 9.17) is 4.74 Å². The van der Waals surface area contributed by atoms with Gasteiger partial charge in [0.1, 0.15) is 5.75 Å². The van der Waals surface area contributed by atoms with E-state index in [0.29, 0.717) is 12.1 Å². The normalized spacial score (nSPS) is 11.2. The average Bonchev–Trinajstić information content (AvgIpc) is 2.53. The first-order chi connectivity index (χ1) is 10.0. The SMILES string of the molecule is COc1ccc(C(=O)C(C)(C)NCc2ccccc2)cc1. The largest absolute Gasteiger partial charge is 0.497 e. The van der Waals surface area contributed by atoms with Crippen molar-refractivity contribution in [1.82, 2.24) is 5.32 Å². The number of methoxy groups -OCH3 is 1. The van der Waals surface area contributed by atoms with Crippen molar-refractivity contribution in [3.05, 3.63) is 65.7 Å². The molecule has 0 heterocycles. The molecular formula is C18H21NO2. The topological polar surface area (TPSA) is 38.3 Å². The van der Waals surface area contributed by atoms with E-state index in [1.165, 1.54) is 0 Å². The third-order valence-electron chi connectivity index (χ3n) is 3.50. The molecule has 0 spiro atoms. The first kappa shape index (κ1) is 15.3. The molecule has 3 nitrogen and oxygen atoms in total. The summed E-state index contributed by atoms with van der Waals surface area (Å²) in [5.41, 5.74) is 1.22. The second-order valence-electron chi connectivity index (χ2n) is 5.52. The fourth-order valence-corrected chi connectivity index (χ4v) is 2.10. The summed E-state index contributed by atoms with van der Waals surface area (Å²) in [6, 6.07) is 17.3. The molecular weight excluding hydrogens is 262 g/mol. The number of carbonyl (C=O) groups excluding carboxylic acids is 1. The summed E-state index contributed by atoms with van der Waals surface area (Å²) in [7, 11) is 1.61. The van der Waals surface area contributed by atoms with Gasteiger partial charge < -0.3 is 10.1 Å². The van der Waals surface area contributed by atoms with Gasteiger partial charge in [-0.3, -0.25) is 4.79 Å². The summed E-state index contributed by atoms with van der Waals surface area (Å²) in [6.45, 7) is 4.47. The second kappa shape index (κ2) is 6.55. The van der Waals surface area contributed by atoms with Crippen molar-refractivity contribution >= 4 is 5.78 Å². The Bertz CT molecular complexity index is 588. The number of nitrogens with one attached hydrogen (secondary N) is 1. The van der Waals surface area contributed by atoms with Crippen LogP contribution in [0.2, 0.25) is 0 Å². The molecule has 0 atom stereocenters. The van der Waals surface area contributed by atoms with Crippen LogP contribution in [0.4, 0.5) is 0 Å². The molecule has 0 saturated heterocycles. The Morgan fingerprint density at radius 1 is 1.05 bits per heavy atom. The summed E-state index contributed by atoms with van der Waals surface area (Å²) >= 11 is 0. The van der Waals surface area contributed by atoms with Crippen LogP contribution in [0.25, 0.3) is 0 Å². The molecule has 0 fully saturated rings. The standard InChI is InChI=1S/C18H21NO2/c1-18(2,19-13-14-7-5-4-6-8-14)17(20)15-9-11-16(21-3)12-10-15/h4-12,19H,13H2,1-3H3. The van der Waals surface area contributed by atoms with Crippen LogP contribution in [0, 0.1) is 0 Å². The molecule has 2 rings (SSSR count). The van der Waals surface area contributed by atoms with Crippen LogP contribution in [0.15, 0.2) is 54.6 Å². The van der Waals surface area contributed by atoms with E-state index in [9.17, 15) is 4.79 Å². The molecule has 0 saturated carbocycles. The Balaban J connectivity index is 2.05. The maximum absolute atomic E-state index is 12.6. The molecule has 21 heavy (non-hydrogen) atoms. The van der Waals surface area contributed by atoms with E-state index in [-0.39, 0.29) is 5.78 Å². The first-order valence-corrected chi connectivity index (χ1v) is 7.01. The molecule has 2 aromatic carbocycles. The van der Waals surface area contributed by atoms with Gasteiger partial charge in [-0.2, -0.15) is 0 Å². The van der Waals surface area contributed by atoms with Gasteiger partial charge in [0, 0.05) is 12.1 Å². The van der Waals surface area contributed by atoms with Crippen LogP contribution in [-0.2, 0) is 6.54 Å². The van der Waals surface area contributed by atoms with E-state index in [1.54, 1.807) is 31.4 Å². The van der Waals surface area contributed by atoms with Crippen LogP contribution in [0.5, 0.6) is 5.75 Å². The minimum absolute atomic E-state index is 0.0704. The number of ketones is 1. The highest BCUT2D eigenvalue weighted by molar-refractivity contribution is 6.02. The Morgan fingerprint density at radius 3 is 2.24 bits per heavy atom. The highest BCUT2D eigenvalue weighted by Crippen LogP contribution is 2.17. The molecule has 1 N–H and O–H groups in total. The molecule has 0 aliphatic heterocycles. The van der Waals surface area contributed by atoms with Gasteiger partial charge in [0.15, 0.2) is 5.78 Å².